The highest BCUT2D eigenvalue weighted by atomic mass is 16.1. The number of ketones is 1. The van der Waals surface area contributed by atoms with Gasteiger partial charge in [0.25, 0.3) is 0 Å². The van der Waals surface area contributed by atoms with Gasteiger partial charge < -0.3 is 5.32 Å². The van der Waals surface area contributed by atoms with Crippen molar-refractivity contribution in [2.75, 3.05) is 6.54 Å². The lowest BCUT2D eigenvalue weighted by Gasteiger charge is -2.10. The summed E-state index contributed by atoms with van der Waals surface area (Å²) < 4.78 is 0. The molecule has 0 spiro atoms. The molecule has 1 rings (SSSR count). The second kappa shape index (κ2) is 4.77. The Kier molecular flexibility index (Phi) is 3.65. The van der Waals surface area contributed by atoms with Crippen LogP contribution in [-0.2, 0) is 0 Å². The van der Waals surface area contributed by atoms with E-state index in [4.69, 9.17) is 0 Å². The Bertz CT molecular complexity index is 269. The molecule has 0 aromatic heterocycles. The number of rotatable bonds is 4. The molecule has 0 radical (unpaired) electrons. The van der Waals surface area contributed by atoms with Gasteiger partial charge in [0.1, 0.15) is 0 Å². The van der Waals surface area contributed by atoms with Crippen molar-refractivity contribution in [2.45, 2.75) is 19.9 Å². The smallest absolute Gasteiger partial charge is 0.179 e. The number of carbonyl (C=O) groups is 1. The van der Waals surface area contributed by atoms with E-state index in [0.717, 1.165) is 12.1 Å². The third-order valence-electron chi connectivity index (χ3n) is 1.96. The Hall–Kier alpha value is -1.15. The molecule has 70 valence electrons. The first-order valence-corrected chi connectivity index (χ1v) is 4.58. The summed E-state index contributed by atoms with van der Waals surface area (Å²) in [5, 5.41) is 3.09. The van der Waals surface area contributed by atoms with Gasteiger partial charge in [0.2, 0.25) is 0 Å². The summed E-state index contributed by atoms with van der Waals surface area (Å²) in [6, 6.07) is 9.27. The molecule has 0 heterocycles. The molecule has 0 bridgehead atoms. The third kappa shape index (κ3) is 2.67. The van der Waals surface area contributed by atoms with E-state index in [1.165, 1.54) is 0 Å². The molecule has 13 heavy (non-hydrogen) atoms. The minimum atomic E-state index is -0.0904. The maximum Gasteiger partial charge on any atom is 0.179 e. The quantitative estimate of drug-likeness (QED) is 0.711. The summed E-state index contributed by atoms with van der Waals surface area (Å²) in [6.45, 7) is 4.70. The predicted octanol–water partition coefficient (Wildman–Crippen LogP) is 1.87. The summed E-state index contributed by atoms with van der Waals surface area (Å²) >= 11 is 0. The summed E-state index contributed by atoms with van der Waals surface area (Å²) in [5.41, 5.74) is 0.774. The average molecular weight is 177 g/mol. The lowest BCUT2D eigenvalue weighted by atomic mass is 10.1. The number of nitrogens with one attached hydrogen (secondary N) is 1. The van der Waals surface area contributed by atoms with Crippen molar-refractivity contribution in [1.29, 1.82) is 0 Å². The topological polar surface area (TPSA) is 29.1 Å². The van der Waals surface area contributed by atoms with Crippen LogP contribution in [-0.4, -0.2) is 18.4 Å². The van der Waals surface area contributed by atoms with Crippen LogP contribution in [0.3, 0.4) is 0 Å². The van der Waals surface area contributed by atoms with Crippen LogP contribution in [0.2, 0.25) is 0 Å². The van der Waals surface area contributed by atoms with Crippen LogP contribution in [0.5, 0.6) is 0 Å². The monoisotopic (exact) mass is 177 g/mol. The molecule has 0 aliphatic carbocycles. The zero-order chi connectivity index (χ0) is 9.68. The molecule has 1 aromatic rings. The van der Waals surface area contributed by atoms with Gasteiger partial charge in [0.15, 0.2) is 5.78 Å². The molecule has 0 unspecified atom stereocenters. The van der Waals surface area contributed by atoms with E-state index >= 15 is 0 Å². The standard InChI is InChI=1S/C11H15NO/c1-3-12-9(2)11(13)10-7-5-4-6-8-10/h4-9,12H,3H2,1-2H3/t9-/m0/s1. The number of Topliss-reactive ketones (excluding diaryl/α,β-unsaturated/α-hetero) is 1. The van der Waals surface area contributed by atoms with Crippen LogP contribution in [0.15, 0.2) is 30.3 Å². The van der Waals surface area contributed by atoms with Crippen molar-refractivity contribution in [3.05, 3.63) is 35.9 Å². The van der Waals surface area contributed by atoms with Gasteiger partial charge in [0.05, 0.1) is 6.04 Å². The van der Waals surface area contributed by atoms with Crippen molar-refractivity contribution < 1.29 is 4.79 Å². The van der Waals surface area contributed by atoms with Gasteiger partial charge >= 0.3 is 0 Å². The van der Waals surface area contributed by atoms with Gasteiger partial charge in [-0.15, -0.1) is 0 Å². The Morgan fingerprint density at radius 2 is 2.00 bits per heavy atom. The maximum absolute atomic E-state index is 11.7. The molecule has 0 saturated heterocycles. The minimum Gasteiger partial charge on any atom is -0.308 e. The lowest BCUT2D eigenvalue weighted by molar-refractivity contribution is 0.0952. The number of hydrogen-bond acceptors (Lipinski definition) is 2. The maximum atomic E-state index is 11.7. The second-order valence-electron chi connectivity index (χ2n) is 3.01. The molecular formula is C11H15NO. The number of carbonyl (C=O) groups excluding carboxylic acids is 1. The summed E-state index contributed by atoms with van der Waals surface area (Å²) in [6.07, 6.45) is 0. The van der Waals surface area contributed by atoms with Crippen molar-refractivity contribution in [2.24, 2.45) is 0 Å². The second-order valence-corrected chi connectivity index (χ2v) is 3.01. The highest BCUT2D eigenvalue weighted by Gasteiger charge is 2.12. The molecule has 2 heteroatoms. The van der Waals surface area contributed by atoms with Gasteiger partial charge in [-0.2, -0.15) is 0 Å². The highest BCUT2D eigenvalue weighted by Crippen LogP contribution is 2.02. The fourth-order valence-corrected chi connectivity index (χ4v) is 1.25. The molecule has 0 amide bonds. The van der Waals surface area contributed by atoms with Crippen molar-refractivity contribution >= 4 is 5.78 Å². The van der Waals surface area contributed by atoms with E-state index in [-0.39, 0.29) is 11.8 Å². The molecule has 1 N–H and O–H groups in total. The predicted molar refractivity (Wildman–Crippen MR) is 53.9 cm³/mol. The Labute approximate surface area is 79.0 Å². The normalized spacial score (nSPS) is 12.5. The van der Waals surface area contributed by atoms with Crippen LogP contribution < -0.4 is 5.32 Å². The Morgan fingerprint density at radius 3 is 2.54 bits per heavy atom. The first kappa shape index (κ1) is 9.93. The lowest BCUT2D eigenvalue weighted by Crippen LogP contribution is -2.33. The van der Waals surface area contributed by atoms with E-state index in [2.05, 4.69) is 5.32 Å². The summed E-state index contributed by atoms with van der Waals surface area (Å²) in [7, 11) is 0. The fourth-order valence-electron chi connectivity index (χ4n) is 1.25. The van der Waals surface area contributed by atoms with E-state index in [0.29, 0.717) is 0 Å². The molecule has 0 fully saturated rings. The molecule has 0 aliphatic heterocycles. The Balaban J connectivity index is 2.68. The van der Waals surface area contributed by atoms with Gasteiger partial charge in [-0.05, 0) is 13.5 Å². The van der Waals surface area contributed by atoms with E-state index < -0.39 is 0 Å². The van der Waals surface area contributed by atoms with Gasteiger partial charge in [-0.25, -0.2) is 0 Å². The van der Waals surface area contributed by atoms with Crippen molar-refractivity contribution in [3.8, 4) is 0 Å². The fraction of sp³-hybridized carbons (Fsp3) is 0.364. The van der Waals surface area contributed by atoms with Crippen LogP contribution in [0.1, 0.15) is 24.2 Å². The van der Waals surface area contributed by atoms with Crippen LogP contribution in [0, 0.1) is 0 Å². The summed E-state index contributed by atoms with van der Waals surface area (Å²) in [5.74, 6) is 0.155. The minimum absolute atomic E-state index is 0.0904. The van der Waals surface area contributed by atoms with E-state index in [1.54, 1.807) is 0 Å². The SMILES string of the molecule is CCN[C@@H](C)C(=O)c1ccccc1. The first-order valence-electron chi connectivity index (χ1n) is 4.58. The number of benzene rings is 1. The molecular weight excluding hydrogens is 162 g/mol. The molecule has 2 nitrogen and oxygen atoms in total. The van der Waals surface area contributed by atoms with Crippen LogP contribution in [0.4, 0.5) is 0 Å². The Morgan fingerprint density at radius 1 is 1.38 bits per heavy atom. The van der Waals surface area contributed by atoms with Crippen LogP contribution >= 0.6 is 0 Å². The zero-order valence-electron chi connectivity index (χ0n) is 8.08. The molecule has 0 aliphatic rings. The van der Waals surface area contributed by atoms with E-state index in [9.17, 15) is 4.79 Å². The third-order valence-corrected chi connectivity index (χ3v) is 1.96. The molecule has 0 saturated carbocycles. The molecule has 1 atom stereocenters. The summed E-state index contributed by atoms with van der Waals surface area (Å²) in [4.78, 5) is 11.7. The van der Waals surface area contributed by atoms with Crippen molar-refractivity contribution in [3.63, 3.8) is 0 Å². The number of hydrogen-bond donors (Lipinski definition) is 1. The van der Waals surface area contributed by atoms with Gasteiger partial charge in [-0.1, -0.05) is 37.3 Å². The van der Waals surface area contributed by atoms with Crippen LogP contribution in [0.25, 0.3) is 0 Å². The highest BCUT2D eigenvalue weighted by molar-refractivity contribution is 5.99. The van der Waals surface area contributed by atoms with Gasteiger partial charge in [-0.3, -0.25) is 4.79 Å². The first-order chi connectivity index (χ1) is 6.25. The van der Waals surface area contributed by atoms with Crippen molar-refractivity contribution in [1.82, 2.24) is 5.32 Å². The zero-order valence-corrected chi connectivity index (χ0v) is 8.08. The average Bonchev–Trinajstić information content (AvgIpc) is 2.18. The molecule has 1 aromatic carbocycles. The van der Waals surface area contributed by atoms with Gasteiger partial charge in [0, 0.05) is 5.56 Å². The largest absolute Gasteiger partial charge is 0.308 e. The van der Waals surface area contributed by atoms with E-state index in [1.807, 2.05) is 44.2 Å². The number of likely N-dealkylation sites (N-methyl/N-ethyl adjacent to an activating group) is 1.